The van der Waals surface area contributed by atoms with E-state index in [1.54, 1.807) is 0 Å². The smallest absolute Gasteiger partial charge is 0.152 e. The summed E-state index contributed by atoms with van der Waals surface area (Å²) in [4.78, 5) is 11.0. The van der Waals surface area contributed by atoms with Gasteiger partial charge in [-0.2, -0.15) is 0 Å². The monoisotopic (exact) mass is 484 g/mol. The van der Waals surface area contributed by atoms with Gasteiger partial charge in [-0.3, -0.25) is 9.80 Å². The summed E-state index contributed by atoms with van der Waals surface area (Å²) in [6.45, 7) is 4.42. The van der Waals surface area contributed by atoms with Gasteiger partial charge in [-0.05, 0) is 63.3 Å². The molecule has 36 heavy (non-hydrogen) atoms. The average Bonchev–Trinajstić information content (AvgIpc) is 3.72. The minimum atomic E-state index is 0.0141. The molecule has 2 aromatic carbocycles. The van der Waals surface area contributed by atoms with Gasteiger partial charge >= 0.3 is 0 Å². The highest BCUT2D eigenvalue weighted by atomic mass is 16.5. The van der Waals surface area contributed by atoms with Crippen LogP contribution in [0.4, 0.5) is 0 Å². The lowest BCUT2D eigenvalue weighted by atomic mass is 10.0. The number of nitrogens with zero attached hydrogens (tertiary/aromatic N) is 2. The molecule has 2 N–H and O–H groups in total. The van der Waals surface area contributed by atoms with Crippen molar-refractivity contribution in [2.24, 2.45) is 0 Å². The van der Waals surface area contributed by atoms with Gasteiger partial charge < -0.3 is 19.4 Å². The maximum Gasteiger partial charge on any atom is 0.152 e. The van der Waals surface area contributed by atoms with Gasteiger partial charge in [-0.1, -0.05) is 60.7 Å². The summed E-state index contributed by atoms with van der Waals surface area (Å²) in [6.07, 6.45) is 4.16. The predicted molar refractivity (Wildman–Crippen MR) is 142 cm³/mol. The number of aromatic amines is 2. The van der Waals surface area contributed by atoms with Crippen molar-refractivity contribution in [2.75, 3.05) is 14.1 Å². The molecule has 2 aliphatic heterocycles. The highest BCUT2D eigenvalue weighted by Gasteiger charge is 2.40. The average molecular weight is 485 g/mol. The largest absolute Gasteiger partial charge is 0.362 e. The number of hydrogen-bond acceptors (Lipinski definition) is 4. The summed E-state index contributed by atoms with van der Waals surface area (Å²) in [7, 11) is 4.22. The molecule has 0 bridgehead atoms. The van der Waals surface area contributed by atoms with Gasteiger partial charge in [0.05, 0.1) is 11.4 Å². The number of nitrogens with one attached hydrogen (secondary N) is 2. The number of benzene rings is 2. The van der Waals surface area contributed by atoms with E-state index in [1.807, 2.05) is 36.7 Å². The molecule has 2 aromatic heterocycles. The van der Waals surface area contributed by atoms with Crippen molar-refractivity contribution in [3.05, 3.63) is 120 Å². The zero-order valence-electron chi connectivity index (χ0n) is 21.4. The van der Waals surface area contributed by atoms with E-state index in [0.29, 0.717) is 12.1 Å². The molecule has 0 amide bonds. The summed E-state index contributed by atoms with van der Waals surface area (Å²) in [5, 5.41) is 0. The molecule has 0 spiro atoms. The normalized spacial score (nSPS) is 28.7. The summed E-state index contributed by atoms with van der Waals surface area (Å²) in [6, 6.07) is 29.7. The fourth-order valence-electron chi connectivity index (χ4n) is 5.13. The third kappa shape index (κ3) is 4.90. The zero-order chi connectivity index (χ0) is 25.1. The summed E-state index contributed by atoms with van der Waals surface area (Å²) in [5.74, 6) is 0. The molecule has 4 heterocycles. The van der Waals surface area contributed by atoms with Gasteiger partial charge in [0.15, 0.2) is 12.5 Å². The van der Waals surface area contributed by atoms with Crippen LogP contribution in [-0.2, 0) is 9.47 Å². The minimum Gasteiger partial charge on any atom is -0.362 e. The minimum absolute atomic E-state index is 0.0141. The first-order chi connectivity index (χ1) is 17.5. The molecular formula is C30H36N4O2. The van der Waals surface area contributed by atoms with Crippen molar-refractivity contribution in [1.29, 1.82) is 0 Å². The van der Waals surface area contributed by atoms with Gasteiger partial charge in [0.1, 0.15) is 12.2 Å². The second-order valence-electron chi connectivity index (χ2n) is 9.70. The quantitative estimate of drug-likeness (QED) is 0.362. The summed E-state index contributed by atoms with van der Waals surface area (Å²) < 4.78 is 12.4. The molecule has 6 atom stereocenters. The number of likely N-dealkylation sites (N-methyl/N-ethyl adjacent to an activating group) is 2. The third-order valence-electron chi connectivity index (χ3n) is 7.48. The Kier molecular flexibility index (Phi) is 7.39. The van der Waals surface area contributed by atoms with E-state index in [-0.39, 0.29) is 24.7 Å². The number of hydrogen-bond donors (Lipinski definition) is 2. The van der Waals surface area contributed by atoms with Crippen LogP contribution in [-0.4, -0.2) is 45.9 Å². The second-order valence-corrected chi connectivity index (χ2v) is 9.70. The fraction of sp³-hybridized carbons (Fsp3) is 0.333. The van der Waals surface area contributed by atoms with Gasteiger partial charge in [0.2, 0.25) is 0 Å². The van der Waals surface area contributed by atoms with Crippen LogP contribution in [0.2, 0.25) is 0 Å². The zero-order valence-corrected chi connectivity index (χ0v) is 21.4. The SMILES string of the molecule is C[C@H]1[C@@H](c2ccccc2)O[C@@H](c2ccc[nH]2)N1C.C[C@H]1[C@@H](c2ccccc2)O[C@@H](c2ccc[nH]2)N1C. The Hall–Kier alpha value is -3.16. The lowest BCUT2D eigenvalue weighted by molar-refractivity contribution is 0.00296. The van der Waals surface area contributed by atoms with Crippen LogP contribution in [0.25, 0.3) is 0 Å². The Bertz CT molecular complexity index is 1080. The molecule has 0 aliphatic carbocycles. The highest BCUT2D eigenvalue weighted by Crippen LogP contribution is 2.41. The summed E-state index contributed by atoms with van der Waals surface area (Å²) >= 11 is 0. The molecule has 0 saturated carbocycles. The van der Waals surface area contributed by atoms with Gasteiger partial charge in [0.25, 0.3) is 0 Å². The molecule has 0 unspecified atom stereocenters. The number of H-pyrrole nitrogens is 2. The van der Waals surface area contributed by atoms with E-state index in [2.05, 4.69) is 108 Å². The van der Waals surface area contributed by atoms with E-state index in [1.165, 1.54) is 11.1 Å². The lowest BCUT2D eigenvalue weighted by Gasteiger charge is -2.20. The Morgan fingerprint density at radius 2 is 0.944 bits per heavy atom. The van der Waals surface area contributed by atoms with Crippen LogP contribution >= 0.6 is 0 Å². The van der Waals surface area contributed by atoms with Crippen LogP contribution in [0.1, 0.15) is 61.0 Å². The van der Waals surface area contributed by atoms with Crippen molar-refractivity contribution in [3.63, 3.8) is 0 Å². The van der Waals surface area contributed by atoms with Crippen molar-refractivity contribution < 1.29 is 9.47 Å². The first-order valence-corrected chi connectivity index (χ1v) is 12.7. The molecule has 0 radical (unpaired) electrons. The molecule has 2 aliphatic rings. The number of aromatic nitrogens is 2. The van der Waals surface area contributed by atoms with E-state index in [4.69, 9.17) is 9.47 Å². The molecule has 6 rings (SSSR count). The maximum absolute atomic E-state index is 6.21. The fourth-order valence-corrected chi connectivity index (χ4v) is 5.13. The third-order valence-corrected chi connectivity index (χ3v) is 7.48. The van der Waals surface area contributed by atoms with Crippen LogP contribution in [0, 0.1) is 0 Å². The van der Waals surface area contributed by atoms with Crippen molar-refractivity contribution >= 4 is 0 Å². The Morgan fingerprint density at radius 1 is 0.556 bits per heavy atom. The standard InChI is InChI=1S/2C15H18N2O/c2*1-11-14(12-7-4-3-5-8-12)18-15(17(11)2)13-9-6-10-16-13/h2*3-11,14-16H,1-2H3/t2*11-,14-,15-/m00/s1. The molecule has 6 nitrogen and oxygen atoms in total. The molecular weight excluding hydrogens is 448 g/mol. The van der Waals surface area contributed by atoms with Crippen LogP contribution in [0.15, 0.2) is 97.3 Å². The van der Waals surface area contributed by atoms with Gasteiger partial charge in [-0.25, -0.2) is 0 Å². The lowest BCUT2D eigenvalue weighted by Crippen LogP contribution is -2.27. The van der Waals surface area contributed by atoms with E-state index in [0.717, 1.165) is 11.4 Å². The molecule has 2 fully saturated rings. The van der Waals surface area contributed by atoms with E-state index >= 15 is 0 Å². The van der Waals surface area contributed by atoms with Crippen LogP contribution in [0.5, 0.6) is 0 Å². The van der Waals surface area contributed by atoms with Gasteiger partial charge in [0, 0.05) is 24.5 Å². The molecule has 2 saturated heterocycles. The first-order valence-electron chi connectivity index (χ1n) is 12.7. The van der Waals surface area contributed by atoms with E-state index in [9.17, 15) is 0 Å². The molecule has 6 heteroatoms. The Balaban J connectivity index is 0.000000148. The number of ether oxygens (including phenoxy) is 2. The maximum atomic E-state index is 6.21. The second kappa shape index (κ2) is 10.8. The first kappa shape index (κ1) is 24.5. The summed E-state index contributed by atoms with van der Waals surface area (Å²) in [5.41, 5.74) is 4.71. The van der Waals surface area contributed by atoms with Crippen molar-refractivity contribution in [3.8, 4) is 0 Å². The van der Waals surface area contributed by atoms with Crippen molar-refractivity contribution in [2.45, 2.75) is 50.6 Å². The predicted octanol–water partition coefficient (Wildman–Crippen LogP) is 6.21. The van der Waals surface area contributed by atoms with E-state index < -0.39 is 0 Å². The van der Waals surface area contributed by atoms with Crippen LogP contribution < -0.4 is 0 Å². The molecule has 188 valence electrons. The Labute approximate surface area is 213 Å². The Morgan fingerprint density at radius 3 is 1.28 bits per heavy atom. The van der Waals surface area contributed by atoms with Gasteiger partial charge in [-0.15, -0.1) is 0 Å². The van der Waals surface area contributed by atoms with Crippen LogP contribution in [0.3, 0.4) is 0 Å². The highest BCUT2D eigenvalue weighted by molar-refractivity contribution is 5.22. The van der Waals surface area contributed by atoms with Crippen molar-refractivity contribution in [1.82, 2.24) is 19.8 Å². The molecule has 4 aromatic rings. The number of rotatable bonds is 4. The topological polar surface area (TPSA) is 56.5 Å².